The molecular formula is C21H25F3N6O. The van der Waals surface area contributed by atoms with Gasteiger partial charge in [0.25, 0.3) is 0 Å². The highest BCUT2D eigenvalue weighted by atomic mass is 19.4. The van der Waals surface area contributed by atoms with E-state index in [1.807, 2.05) is 25.7 Å². The van der Waals surface area contributed by atoms with Gasteiger partial charge in [0.15, 0.2) is 11.3 Å². The summed E-state index contributed by atoms with van der Waals surface area (Å²) in [4.78, 5) is 12.4. The molecule has 1 saturated heterocycles. The molecule has 1 atom stereocenters. The lowest BCUT2D eigenvalue weighted by Crippen LogP contribution is -2.31. The number of aliphatic hydroxyl groups is 1. The van der Waals surface area contributed by atoms with Crippen molar-refractivity contribution in [3.63, 3.8) is 0 Å². The Balaban J connectivity index is 1.79. The number of fused-ring (bicyclic) bond motifs is 1. The van der Waals surface area contributed by atoms with Crippen LogP contribution in [0.3, 0.4) is 0 Å². The minimum atomic E-state index is -4.46. The second-order valence-corrected chi connectivity index (χ2v) is 9.35. The first-order chi connectivity index (χ1) is 14.3. The van der Waals surface area contributed by atoms with Crippen molar-refractivity contribution in [3.05, 3.63) is 41.2 Å². The highest BCUT2D eigenvalue weighted by Gasteiger charge is 2.35. The van der Waals surface area contributed by atoms with Crippen LogP contribution in [0.4, 0.5) is 19.0 Å². The van der Waals surface area contributed by atoms with Crippen LogP contribution in [0.5, 0.6) is 0 Å². The second kappa shape index (κ2) is 7.15. The van der Waals surface area contributed by atoms with Gasteiger partial charge in [-0.1, -0.05) is 39.0 Å². The second-order valence-electron chi connectivity index (χ2n) is 9.35. The Hall–Kier alpha value is -2.75. The predicted octanol–water partition coefficient (Wildman–Crippen LogP) is 3.55. The zero-order valence-corrected chi connectivity index (χ0v) is 17.9. The Morgan fingerprint density at radius 2 is 1.81 bits per heavy atom. The van der Waals surface area contributed by atoms with E-state index in [1.165, 1.54) is 16.9 Å². The van der Waals surface area contributed by atoms with E-state index in [9.17, 15) is 18.3 Å². The Bertz CT molecular complexity index is 1120. The fourth-order valence-corrected chi connectivity index (χ4v) is 3.68. The molecule has 3 aromatic rings. The normalized spacial score (nSPS) is 20.1. The third-order valence-corrected chi connectivity index (χ3v) is 5.33. The molecule has 0 bridgehead atoms. The number of anilines is 1. The molecule has 1 aliphatic heterocycles. The SMILES string of the molecule is CC(C)(C)c1nc(N2CC[C@](C)(O)C2)c2nn(Cc3ccccc3C(F)(F)F)nc2n1. The summed E-state index contributed by atoms with van der Waals surface area (Å²) in [5.41, 5.74) is -1.11. The van der Waals surface area contributed by atoms with Crippen LogP contribution in [0, 0.1) is 0 Å². The molecule has 7 nitrogen and oxygen atoms in total. The monoisotopic (exact) mass is 434 g/mol. The fraction of sp³-hybridized carbons (Fsp3) is 0.524. The van der Waals surface area contributed by atoms with Crippen LogP contribution in [-0.4, -0.2) is 48.8 Å². The van der Waals surface area contributed by atoms with E-state index in [1.54, 1.807) is 13.0 Å². The quantitative estimate of drug-likeness (QED) is 0.679. The Kier molecular flexibility index (Phi) is 4.95. The van der Waals surface area contributed by atoms with E-state index in [0.29, 0.717) is 42.3 Å². The van der Waals surface area contributed by atoms with E-state index in [2.05, 4.69) is 15.2 Å². The maximum absolute atomic E-state index is 13.4. The minimum absolute atomic E-state index is 0.0740. The van der Waals surface area contributed by atoms with Crippen LogP contribution in [0.25, 0.3) is 11.2 Å². The molecule has 2 aromatic heterocycles. The number of halogens is 3. The summed E-state index contributed by atoms with van der Waals surface area (Å²) in [7, 11) is 0. The number of hydrogen-bond acceptors (Lipinski definition) is 6. The molecule has 1 N–H and O–H groups in total. The molecule has 0 saturated carbocycles. The molecule has 10 heteroatoms. The van der Waals surface area contributed by atoms with Crippen molar-refractivity contribution in [1.29, 1.82) is 0 Å². The molecule has 1 aromatic carbocycles. The third kappa shape index (κ3) is 4.34. The summed E-state index contributed by atoms with van der Waals surface area (Å²) in [5.74, 6) is 1.10. The van der Waals surface area contributed by atoms with E-state index < -0.39 is 17.3 Å². The van der Waals surface area contributed by atoms with Crippen molar-refractivity contribution >= 4 is 17.0 Å². The number of hydrogen-bond donors (Lipinski definition) is 1. The highest BCUT2D eigenvalue weighted by molar-refractivity contribution is 5.83. The predicted molar refractivity (Wildman–Crippen MR) is 110 cm³/mol. The van der Waals surface area contributed by atoms with Gasteiger partial charge in [0.1, 0.15) is 5.82 Å². The van der Waals surface area contributed by atoms with E-state index in [-0.39, 0.29) is 17.5 Å². The number of nitrogens with zero attached hydrogens (tertiary/aromatic N) is 6. The zero-order chi connectivity index (χ0) is 22.6. The van der Waals surface area contributed by atoms with Crippen LogP contribution in [0.15, 0.2) is 24.3 Å². The third-order valence-electron chi connectivity index (χ3n) is 5.33. The van der Waals surface area contributed by atoms with Crippen LogP contribution >= 0.6 is 0 Å². The van der Waals surface area contributed by atoms with Gasteiger partial charge in [0, 0.05) is 18.5 Å². The van der Waals surface area contributed by atoms with Gasteiger partial charge in [-0.05, 0) is 25.0 Å². The minimum Gasteiger partial charge on any atom is -0.388 e. The van der Waals surface area contributed by atoms with E-state index in [4.69, 9.17) is 4.98 Å². The molecule has 1 fully saturated rings. The fourth-order valence-electron chi connectivity index (χ4n) is 3.68. The molecule has 0 amide bonds. The van der Waals surface area contributed by atoms with Gasteiger partial charge >= 0.3 is 6.18 Å². The lowest BCUT2D eigenvalue weighted by molar-refractivity contribution is -0.138. The van der Waals surface area contributed by atoms with Crippen LogP contribution < -0.4 is 4.90 Å². The van der Waals surface area contributed by atoms with Gasteiger partial charge in [-0.2, -0.15) is 18.0 Å². The maximum Gasteiger partial charge on any atom is 0.416 e. The van der Waals surface area contributed by atoms with Crippen LogP contribution in [0.2, 0.25) is 0 Å². The lowest BCUT2D eigenvalue weighted by Gasteiger charge is -2.22. The van der Waals surface area contributed by atoms with Gasteiger partial charge in [-0.25, -0.2) is 9.97 Å². The topological polar surface area (TPSA) is 80.0 Å². The molecule has 0 unspecified atom stereocenters. The summed E-state index contributed by atoms with van der Waals surface area (Å²) in [5, 5.41) is 19.2. The maximum atomic E-state index is 13.4. The van der Waals surface area contributed by atoms with Crippen LogP contribution in [-0.2, 0) is 18.1 Å². The number of benzene rings is 1. The molecule has 31 heavy (non-hydrogen) atoms. The number of β-amino-alcohol motifs (C(OH)–C–C–N with tert-alkyl or cyclic N) is 1. The van der Waals surface area contributed by atoms with Crippen molar-refractivity contribution in [2.75, 3.05) is 18.0 Å². The largest absolute Gasteiger partial charge is 0.416 e. The summed E-state index contributed by atoms with van der Waals surface area (Å²) < 4.78 is 40.1. The van der Waals surface area contributed by atoms with Crippen LogP contribution in [0.1, 0.15) is 51.1 Å². The molecule has 166 valence electrons. The van der Waals surface area contributed by atoms with Gasteiger partial charge < -0.3 is 10.0 Å². The summed E-state index contributed by atoms with van der Waals surface area (Å²) >= 11 is 0. The van der Waals surface area contributed by atoms with Gasteiger partial charge in [-0.15, -0.1) is 10.2 Å². The molecule has 0 spiro atoms. The van der Waals surface area contributed by atoms with Crippen molar-refractivity contribution in [2.45, 2.75) is 57.9 Å². The Morgan fingerprint density at radius 1 is 1.10 bits per heavy atom. The Labute approximate surface area is 177 Å². The Morgan fingerprint density at radius 3 is 2.42 bits per heavy atom. The summed E-state index contributed by atoms with van der Waals surface area (Å²) in [6.45, 7) is 8.51. The van der Waals surface area contributed by atoms with Crippen molar-refractivity contribution in [3.8, 4) is 0 Å². The summed E-state index contributed by atoms with van der Waals surface area (Å²) in [6.07, 6.45) is -3.88. The molecule has 4 rings (SSSR count). The number of rotatable bonds is 3. The molecular weight excluding hydrogens is 409 g/mol. The van der Waals surface area contributed by atoms with Gasteiger partial charge in [-0.3, -0.25) is 0 Å². The lowest BCUT2D eigenvalue weighted by atomic mass is 9.96. The standard InChI is InChI=1S/C21H25F3N6O/c1-19(2,3)18-25-16-15(17(26-18)29-10-9-20(4,31)12-29)27-30(28-16)11-13-7-5-6-8-14(13)21(22,23)24/h5-8,31H,9-12H2,1-4H3/t20-/m0/s1. The molecule has 3 heterocycles. The van der Waals surface area contributed by atoms with Crippen molar-refractivity contribution in [1.82, 2.24) is 25.0 Å². The number of alkyl halides is 3. The first kappa shape index (κ1) is 21.5. The average molecular weight is 434 g/mol. The first-order valence-corrected chi connectivity index (χ1v) is 10.1. The first-order valence-electron chi connectivity index (χ1n) is 10.1. The van der Waals surface area contributed by atoms with Crippen molar-refractivity contribution in [2.24, 2.45) is 0 Å². The van der Waals surface area contributed by atoms with Gasteiger partial charge in [0.2, 0.25) is 5.65 Å². The smallest absolute Gasteiger partial charge is 0.388 e. The van der Waals surface area contributed by atoms with E-state index >= 15 is 0 Å². The molecule has 1 aliphatic rings. The zero-order valence-electron chi connectivity index (χ0n) is 17.9. The molecule has 0 aliphatic carbocycles. The summed E-state index contributed by atoms with van der Waals surface area (Å²) in [6, 6.07) is 5.39. The van der Waals surface area contributed by atoms with Crippen molar-refractivity contribution < 1.29 is 18.3 Å². The number of aromatic nitrogens is 5. The average Bonchev–Trinajstić information content (AvgIpc) is 3.21. The van der Waals surface area contributed by atoms with E-state index in [0.717, 1.165) is 6.07 Å². The van der Waals surface area contributed by atoms with Gasteiger partial charge in [0.05, 0.1) is 17.7 Å². The highest BCUT2D eigenvalue weighted by Crippen LogP contribution is 2.33. The molecule has 0 radical (unpaired) electrons.